The monoisotopic (exact) mass is 225 g/mol. The SMILES string of the molecule is CC(C)c1oc(=O)n(C(C)(C)C)c1C(C)C. The van der Waals surface area contributed by atoms with Crippen LogP contribution in [0.3, 0.4) is 0 Å². The Labute approximate surface area is 97.5 Å². The molecule has 16 heavy (non-hydrogen) atoms. The molecule has 1 heterocycles. The van der Waals surface area contributed by atoms with Gasteiger partial charge < -0.3 is 4.42 Å². The van der Waals surface area contributed by atoms with Crippen LogP contribution in [-0.2, 0) is 5.54 Å². The van der Waals surface area contributed by atoms with E-state index in [1.54, 1.807) is 4.57 Å². The molecule has 0 bridgehead atoms. The van der Waals surface area contributed by atoms with E-state index >= 15 is 0 Å². The number of hydrogen-bond acceptors (Lipinski definition) is 2. The van der Waals surface area contributed by atoms with Crippen molar-refractivity contribution in [2.24, 2.45) is 0 Å². The summed E-state index contributed by atoms with van der Waals surface area (Å²) in [5.41, 5.74) is 0.806. The minimum Gasteiger partial charge on any atom is -0.412 e. The van der Waals surface area contributed by atoms with Crippen LogP contribution in [0.15, 0.2) is 9.21 Å². The molecule has 0 spiro atoms. The van der Waals surface area contributed by atoms with Crippen LogP contribution in [0.4, 0.5) is 0 Å². The molecule has 0 aromatic carbocycles. The van der Waals surface area contributed by atoms with E-state index in [1.165, 1.54) is 0 Å². The zero-order valence-electron chi connectivity index (χ0n) is 11.4. The van der Waals surface area contributed by atoms with Crippen LogP contribution in [0.1, 0.15) is 71.8 Å². The standard InChI is InChI=1S/C13H23NO2/c1-8(2)10-11(9(3)4)16-12(15)14(10)13(5,6)7/h8-9H,1-7H3. The van der Waals surface area contributed by atoms with E-state index in [1.807, 2.05) is 20.8 Å². The highest BCUT2D eigenvalue weighted by Gasteiger charge is 2.27. The second kappa shape index (κ2) is 4.11. The molecule has 1 aromatic heterocycles. The number of rotatable bonds is 2. The van der Waals surface area contributed by atoms with Gasteiger partial charge in [-0.25, -0.2) is 4.79 Å². The first-order chi connectivity index (χ1) is 7.16. The maximum atomic E-state index is 11.9. The van der Waals surface area contributed by atoms with Gasteiger partial charge in [-0.1, -0.05) is 27.7 Å². The van der Waals surface area contributed by atoms with E-state index in [9.17, 15) is 4.79 Å². The predicted octanol–water partition coefficient (Wildman–Crippen LogP) is 3.44. The third-order valence-electron chi connectivity index (χ3n) is 2.62. The first-order valence-corrected chi connectivity index (χ1v) is 5.92. The van der Waals surface area contributed by atoms with E-state index in [-0.39, 0.29) is 17.2 Å². The summed E-state index contributed by atoms with van der Waals surface area (Å²) in [7, 11) is 0. The van der Waals surface area contributed by atoms with Crippen molar-refractivity contribution in [2.45, 2.75) is 65.8 Å². The minimum atomic E-state index is -0.236. The van der Waals surface area contributed by atoms with Crippen LogP contribution in [0.25, 0.3) is 0 Å². The van der Waals surface area contributed by atoms with Crippen LogP contribution < -0.4 is 5.76 Å². The summed E-state index contributed by atoms with van der Waals surface area (Å²) < 4.78 is 7.19. The molecule has 0 aliphatic carbocycles. The smallest absolute Gasteiger partial charge is 0.412 e. The van der Waals surface area contributed by atoms with Crippen molar-refractivity contribution < 1.29 is 4.42 Å². The van der Waals surface area contributed by atoms with Gasteiger partial charge in [0, 0.05) is 11.5 Å². The number of hydrogen-bond donors (Lipinski definition) is 0. The largest absolute Gasteiger partial charge is 0.419 e. The zero-order valence-corrected chi connectivity index (χ0v) is 11.4. The quantitative estimate of drug-likeness (QED) is 0.772. The molecule has 0 saturated heterocycles. The van der Waals surface area contributed by atoms with E-state index in [4.69, 9.17) is 4.42 Å². The maximum absolute atomic E-state index is 11.9. The fourth-order valence-electron chi connectivity index (χ4n) is 1.99. The summed E-state index contributed by atoms with van der Waals surface area (Å²) in [5.74, 6) is 1.13. The van der Waals surface area contributed by atoms with Crippen molar-refractivity contribution in [1.82, 2.24) is 4.57 Å². The van der Waals surface area contributed by atoms with Crippen LogP contribution in [-0.4, -0.2) is 4.57 Å². The van der Waals surface area contributed by atoms with Crippen LogP contribution >= 0.6 is 0 Å². The van der Waals surface area contributed by atoms with Gasteiger partial charge in [-0.15, -0.1) is 0 Å². The van der Waals surface area contributed by atoms with Crippen molar-refractivity contribution in [1.29, 1.82) is 0 Å². The molecule has 0 amide bonds. The van der Waals surface area contributed by atoms with Gasteiger partial charge >= 0.3 is 5.76 Å². The molecule has 0 aliphatic heterocycles. The van der Waals surface area contributed by atoms with Gasteiger partial charge in [0.05, 0.1) is 5.69 Å². The van der Waals surface area contributed by atoms with Gasteiger partial charge in [-0.3, -0.25) is 4.57 Å². The Morgan fingerprint density at radius 3 is 1.88 bits per heavy atom. The maximum Gasteiger partial charge on any atom is 0.419 e. The Kier molecular flexibility index (Phi) is 3.36. The van der Waals surface area contributed by atoms with Gasteiger partial charge in [-0.2, -0.15) is 0 Å². The zero-order chi connectivity index (χ0) is 12.7. The fraction of sp³-hybridized carbons (Fsp3) is 0.769. The minimum absolute atomic E-state index is 0.229. The Balaban J connectivity index is 3.55. The third kappa shape index (κ3) is 2.23. The van der Waals surface area contributed by atoms with Gasteiger partial charge in [0.15, 0.2) is 0 Å². The fourth-order valence-corrected chi connectivity index (χ4v) is 1.99. The first kappa shape index (κ1) is 13.1. The summed E-state index contributed by atoms with van der Waals surface area (Å²) >= 11 is 0. The van der Waals surface area contributed by atoms with E-state index in [0.717, 1.165) is 11.5 Å². The molecule has 0 fully saturated rings. The van der Waals surface area contributed by atoms with Gasteiger partial charge in [-0.05, 0) is 26.7 Å². The average molecular weight is 225 g/mol. The summed E-state index contributed by atoms with van der Waals surface area (Å²) in [6.07, 6.45) is 0. The van der Waals surface area contributed by atoms with Gasteiger partial charge in [0.25, 0.3) is 0 Å². The second-order valence-corrected chi connectivity index (χ2v) is 5.93. The Morgan fingerprint density at radius 2 is 1.56 bits per heavy atom. The molecule has 92 valence electrons. The van der Waals surface area contributed by atoms with Crippen molar-refractivity contribution in [3.63, 3.8) is 0 Å². The summed E-state index contributed by atoms with van der Waals surface area (Å²) in [6, 6.07) is 0. The molecule has 3 nitrogen and oxygen atoms in total. The predicted molar refractivity (Wildman–Crippen MR) is 66.1 cm³/mol. The molecule has 0 aliphatic rings. The third-order valence-corrected chi connectivity index (χ3v) is 2.62. The second-order valence-electron chi connectivity index (χ2n) is 5.93. The average Bonchev–Trinajstić information content (AvgIpc) is 2.41. The molecule has 1 aromatic rings. The molecular formula is C13H23NO2. The lowest BCUT2D eigenvalue weighted by Gasteiger charge is -2.23. The Morgan fingerprint density at radius 1 is 1.06 bits per heavy atom. The number of aromatic nitrogens is 1. The van der Waals surface area contributed by atoms with Crippen LogP contribution in [0, 0.1) is 0 Å². The molecule has 3 heteroatoms. The highest BCUT2D eigenvalue weighted by molar-refractivity contribution is 5.18. The molecule has 0 radical (unpaired) electrons. The lowest BCUT2D eigenvalue weighted by molar-refractivity contribution is 0.339. The number of nitrogens with zero attached hydrogens (tertiary/aromatic N) is 1. The topological polar surface area (TPSA) is 35.1 Å². The molecule has 0 atom stereocenters. The van der Waals surface area contributed by atoms with Crippen molar-refractivity contribution in [3.8, 4) is 0 Å². The van der Waals surface area contributed by atoms with Crippen molar-refractivity contribution in [3.05, 3.63) is 22.0 Å². The van der Waals surface area contributed by atoms with E-state index in [2.05, 4.69) is 27.7 Å². The summed E-state index contributed by atoms with van der Waals surface area (Å²) in [6.45, 7) is 14.4. The number of oxazole rings is 1. The highest BCUT2D eigenvalue weighted by Crippen LogP contribution is 2.29. The molecular weight excluding hydrogens is 202 g/mol. The van der Waals surface area contributed by atoms with Crippen LogP contribution in [0.5, 0.6) is 0 Å². The van der Waals surface area contributed by atoms with Gasteiger partial charge in [0.2, 0.25) is 0 Å². The van der Waals surface area contributed by atoms with Gasteiger partial charge in [0.1, 0.15) is 5.76 Å². The van der Waals surface area contributed by atoms with E-state index in [0.29, 0.717) is 5.92 Å². The summed E-state index contributed by atoms with van der Waals surface area (Å²) in [5, 5.41) is 0. The lowest BCUT2D eigenvalue weighted by atomic mass is 9.99. The normalized spacial score (nSPS) is 12.8. The molecule has 0 unspecified atom stereocenters. The summed E-state index contributed by atoms with van der Waals surface area (Å²) in [4.78, 5) is 11.9. The van der Waals surface area contributed by atoms with Crippen molar-refractivity contribution >= 4 is 0 Å². The van der Waals surface area contributed by atoms with Crippen LogP contribution in [0.2, 0.25) is 0 Å². The highest BCUT2D eigenvalue weighted by atomic mass is 16.4. The lowest BCUT2D eigenvalue weighted by Crippen LogP contribution is -2.33. The molecule has 0 saturated carbocycles. The Hall–Kier alpha value is -0.990. The molecule has 0 N–H and O–H groups in total. The molecule has 1 rings (SSSR count). The van der Waals surface area contributed by atoms with Crippen molar-refractivity contribution in [2.75, 3.05) is 0 Å². The van der Waals surface area contributed by atoms with E-state index < -0.39 is 0 Å². The first-order valence-electron chi connectivity index (χ1n) is 5.92. The Bertz CT molecular complexity index is 416.